The smallest absolute Gasteiger partial charge is 0.248 e. The van der Waals surface area contributed by atoms with Gasteiger partial charge in [-0.25, -0.2) is 0 Å². The molecule has 0 aromatic heterocycles. The first-order chi connectivity index (χ1) is 10.1. The van der Waals surface area contributed by atoms with Crippen LogP contribution in [0, 0.1) is 0 Å². The molecule has 0 bridgehead atoms. The maximum atomic E-state index is 12.3. The standard InChI is InChI=1S/C18H20N2O/c1-12(2)14-9-7-13(8-10-14)11-20-16-6-4-3-5-15(16)17(19)18(20)21/h3-10,12,17H,11,19H2,1-2H3. The molecule has 1 amide bonds. The normalized spacial score (nSPS) is 17.4. The van der Waals surface area contributed by atoms with Gasteiger partial charge in [-0.3, -0.25) is 4.79 Å². The summed E-state index contributed by atoms with van der Waals surface area (Å²) in [4.78, 5) is 14.1. The molecule has 1 atom stereocenters. The Bertz CT molecular complexity index is 661. The average Bonchev–Trinajstić information content (AvgIpc) is 2.73. The second kappa shape index (κ2) is 5.34. The summed E-state index contributed by atoms with van der Waals surface area (Å²) in [6.45, 7) is 4.92. The van der Waals surface area contributed by atoms with Crippen LogP contribution in [0.4, 0.5) is 5.69 Å². The molecule has 1 aliphatic heterocycles. The van der Waals surface area contributed by atoms with Gasteiger partial charge in [-0.1, -0.05) is 56.3 Å². The molecule has 0 spiro atoms. The first kappa shape index (κ1) is 13.8. The van der Waals surface area contributed by atoms with Crippen LogP contribution in [-0.4, -0.2) is 5.91 Å². The molecule has 1 unspecified atom stereocenters. The van der Waals surface area contributed by atoms with Gasteiger partial charge in [-0.15, -0.1) is 0 Å². The SMILES string of the molecule is CC(C)c1ccc(CN2C(=O)C(N)c3ccccc32)cc1. The van der Waals surface area contributed by atoms with Crippen molar-refractivity contribution in [1.82, 2.24) is 0 Å². The van der Waals surface area contributed by atoms with Crippen molar-refractivity contribution in [3.63, 3.8) is 0 Å². The summed E-state index contributed by atoms with van der Waals surface area (Å²) < 4.78 is 0. The maximum Gasteiger partial charge on any atom is 0.248 e. The van der Waals surface area contributed by atoms with Gasteiger partial charge in [0.25, 0.3) is 0 Å². The number of benzene rings is 2. The van der Waals surface area contributed by atoms with Gasteiger partial charge in [0, 0.05) is 11.3 Å². The molecule has 3 rings (SSSR count). The minimum atomic E-state index is -0.531. The molecular formula is C18H20N2O. The monoisotopic (exact) mass is 280 g/mol. The minimum Gasteiger partial charge on any atom is -0.316 e. The molecular weight excluding hydrogens is 260 g/mol. The van der Waals surface area contributed by atoms with E-state index in [0.29, 0.717) is 12.5 Å². The Morgan fingerprint density at radius 1 is 1.10 bits per heavy atom. The lowest BCUT2D eigenvalue weighted by atomic mass is 10.0. The lowest BCUT2D eigenvalue weighted by molar-refractivity contribution is -0.119. The van der Waals surface area contributed by atoms with E-state index in [1.54, 1.807) is 4.90 Å². The number of carbonyl (C=O) groups is 1. The molecule has 0 radical (unpaired) electrons. The number of nitrogens with two attached hydrogens (primary N) is 1. The quantitative estimate of drug-likeness (QED) is 0.937. The van der Waals surface area contributed by atoms with Crippen molar-refractivity contribution in [3.8, 4) is 0 Å². The minimum absolute atomic E-state index is 0.0239. The first-order valence-corrected chi connectivity index (χ1v) is 7.32. The fraction of sp³-hybridized carbons (Fsp3) is 0.278. The summed E-state index contributed by atoms with van der Waals surface area (Å²) in [7, 11) is 0. The first-order valence-electron chi connectivity index (χ1n) is 7.32. The van der Waals surface area contributed by atoms with Crippen molar-refractivity contribution in [2.75, 3.05) is 4.90 Å². The van der Waals surface area contributed by atoms with E-state index in [0.717, 1.165) is 16.8 Å². The third-order valence-electron chi connectivity index (χ3n) is 4.08. The summed E-state index contributed by atoms with van der Waals surface area (Å²) in [5.74, 6) is 0.491. The summed E-state index contributed by atoms with van der Waals surface area (Å²) in [6.07, 6.45) is 0. The molecule has 3 heteroatoms. The number of carbonyl (C=O) groups excluding carboxylic acids is 1. The predicted molar refractivity (Wildman–Crippen MR) is 85.1 cm³/mol. The molecule has 1 heterocycles. The highest BCUT2D eigenvalue weighted by molar-refractivity contribution is 6.04. The highest BCUT2D eigenvalue weighted by Crippen LogP contribution is 2.35. The molecule has 21 heavy (non-hydrogen) atoms. The number of fused-ring (bicyclic) bond motifs is 1. The molecule has 0 saturated heterocycles. The zero-order valence-corrected chi connectivity index (χ0v) is 12.4. The van der Waals surface area contributed by atoms with Crippen LogP contribution in [0.15, 0.2) is 48.5 Å². The van der Waals surface area contributed by atoms with Crippen LogP contribution in [0.3, 0.4) is 0 Å². The van der Waals surface area contributed by atoms with Gasteiger partial charge in [0.2, 0.25) is 5.91 Å². The number of para-hydroxylation sites is 1. The maximum absolute atomic E-state index is 12.3. The number of hydrogen-bond donors (Lipinski definition) is 1. The third kappa shape index (κ3) is 2.45. The largest absolute Gasteiger partial charge is 0.316 e. The topological polar surface area (TPSA) is 46.3 Å². The molecule has 2 N–H and O–H groups in total. The second-order valence-corrected chi connectivity index (χ2v) is 5.86. The second-order valence-electron chi connectivity index (χ2n) is 5.86. The molecule has 1 aliphatic rings. The van der Waals surface area contributed by atoms with Crippen LogP contribution in [0.1, 0.15) is 42.5 Å². The van der Waals surface area contributed by atoms with E-state index in [2.05, 4.69) is 38.1 Å². The van der Waals surface area contributed by atoms with Crippen molar-refractivity contribution < 1.29 is 4.79 Å². The summed E-state index contributed by atoms with van der Waals surface area (Å²) in [6, 6.07) is 15.7. The van der Waals surface area contributed by atoms with Crippen LogP contribution in [0.2, 0.25) is 0 Å². The van der Waals surface area contributed by atoms with E-state index in [1.807, 2.05) is 24.3 Å². The van der Waals surface area contributed by atoms with Gasteiger partial charge in [0.1, 0.15) is 6.04 Å². The summed E-state index contributed by atoms with van der Waals surface area (Å²) >= 11 is 0. The number of hydrogen-bond acceptors (Lipinski definition) is 2. The molecule has 0 aliphatic carbocycles. The van der Waals surface area contributed by atoms with Gasteiger partial charge < -0.3 is 10.6 Å². The van der Waals surface area contributed by atoms with Gasteiger partial charge in [0.05, 0.1) is 6.54 Å². The Hall–Kier alpha value is -2.13. The Balaban J connectivity index is 1.86. The lowest BCUT2D eigenvalue weighted by Gasteiger charge is -2.18. The van der Waals surface area contributed by atoms with Gasteiger partial charge in [-0.05, 0) is 23.1 Å². The number of rotatable bonds is 3. The van der Waals surface area contributed by atoms with Gasteiger partial charge in [-0.2, -0.15) is 0 Å². The van der Waals surface area contributed by atoms with Crippen molar-refractivity contribution in [2.24, 2.45) is 5.73 Å². The van der Waals surface area contributed by atoms with E-state index in [1.165, 1.54) is 5.56 Å². The van der Waals surface area contributed by atoms with Crippen molar-refractivity contribution in [1.29, 1.82) is 0 Å². The van der Waals surface area contributed by atoms with Crippen LogP contribution >= 0.6 is 0 Å². The fourth-order valence-corrected chi connectivity index (χ4v) is 2.77. The fourth-order valence-electron chi connectivity index (χ4n) is 2.77. The van der Waals surface area contributed by atoms with E-state index in [9.17, 15) is 4.79 Å². The zero-order chi connectivity index (χ0) is 15.0. The molecule has 3 nitrogen and oxygen atoms in total. The Morgan fingerprint density at radius 3 is 2.43 bits per heavy atom. The predicted octanol–water partition coefficient (Wildman–Crippen LogP) is 3.36. The van der Waals surface area contributed by atoms with Crippen LogP contribution in [0.25, 0.3) is 0 Å². The number of anilines is 1. The highest BCUT2D eigenvalue weighted by atomic mass is 16.2. The zero-order valence-electron chi connectivity index (χ0n) is 12.4. The van der Waals surface area contributed by atoms with Gasteiger partial charge in [0.15, 0.2) is 0 Å². The third-order valence-corrected chi connectivity index (χ3v) is 4.08. The lowest BCUT2D eigenvalue weighted by Crippen LogP contribution is -2.31. The molecule has 2 aromatic rings. The van der Waals surface area contributed by atoms with Crippen molar-refractivity contribution in [2.45, 2.75) is 32.4 Å². The number of amides is 1. The summed E-state index contributed by atoms with van der Waals surface area (Å²) in [5, 5.41) is 0. The van der Waals surface area contributed by atoms with Crippen molar-refractivity contribution >= 4 is 11.6 Å². The van der Waals surface area contributed by atoms with Crippen molar-refractivity contribution in [3.05, 3.63) is 65.2 Å². The van der Waals surface area contributed by atoms with E-state index in [4.69, 9.17) is 5.73 Å². The Labute approximate surface area is 125 Å². The van der Waals surface area contributed by atoms with Gasteiger partial charge >= 0.3 is 0 Å². The van der Waals surface area contributed by atoms with Crippen LogP contribution in [0.5, 0.6) is 0 Å². The Kier molecular flexibility index (Phi) is 3.52. The van der Waals surface area contributed by atoms with E-state index >= 15 is 0 Å². The van der Waals surface area contributed by atoms with E-state index in [-0.39, 0.29) is 5.91 Å². The Morgan fingerprint density at radius 2 is 1.76 bits per heavy atom. The molecule has 0 fully saturated rings. The average molecular weight is 280 g/mol. The van der Waals surface area contributed by atoms with Crippen LogP contribution in [-0.2, 0) is 11.3 Å². The molecule has 0 saturated carbocycles. The van der Waals surface area contributed by atoms with E-state index < -0.39 is 6.04 Å². The van der Waals surface area contributed by atoms with Crippen LogP contribution < -0.4 is 10.6 Å². The summed E-state index contributed by atoms with van der Waals surface area (Å²) in [5.41, 5.74) is 10.3. The molecule has 108 valence electrons. The number of nitrogens with zero attached hydrogens (tertiary/aromatic N) is 1. The molecule has 2 aromatic carbocycles. The highest BCUT2D eigenvalue weighted by Gasteiger charge is 2.34.